The Balaban J connectivity index is 2.20. The third-order valence-electron chi connectivity index (χ3n) is 3.04. The molecule has 0 aliphatic rings. The molecule has 2 aromatic carbocycles. The van der Waals surface area contributed by atoms with E-state index in [0.29, 0.717) is 5.56 Å². The van der Waals surface area contributed by atoms with Gasteiger partial charge in [0.15, 0.2) is 0 Å². The molecule has 0 saturated carbocycles. The highest BCUT2D eigenvalue weighted by Crippen LogP contribution is 2.15. The number of carbonyl (C=O) groups is 3. The summed E-state index contributed by atoms with van der Waals surface area (Å²) in [5, 5.41) is 2.52. The van der Waals surface area contributed by atoms with Gasteiger partial charge in [0.05, 0.1) is 6.42 Å². The van der Waals surface area contributed by atoms with Gasteiger partial charge in [-0.05, 0) is 35.9 Å². The number of nitrogens with two attached hydrogens (primary N) is 2. The molecule has 118 valence electrons. The summed E-state index contributed by atoms with van der Waals surface area (Å²) in [6.45, 7) is 0. The molecule has 3 amide bonds. The Labute approximate surface area is 131 Å². The quantitative estimate of drug-likeness (QED) is 0.770. The van der Waals surface area contributed by atoms with Crippen LogP contribution in [0, 0.1) is 5.82 Å². The zero-order valence-electron chi connectivity index (χ0n) is 12.0. The molecule has 0 fully saturated rings. The highest BCUT2D eigenvalue weighted by Gasteiger charge is 2.11. The molecule has 0 saturated heterocycles. The molecule has 0 spiro atoms. The van der Waals surface area contributed by atoms with Gasteiger partial charge in [0.1, 0.15) is 5.82 Å². The first-order valence-corrected chi connectivity index (χ1v) is 6.64. The lowest BCUT2D eigenvalue weighted by atomic mass is 10.1. The first-order chi connectivity index (χ1) is 10.8. The molecule has 0 radical (unpaired) electrons. The van der Waals surface area contributed by atoms with E-state index in [1.807, 2.05) is 0 Å². The molecule has 23 heavy (non-hydrogen) atoms. The Morgan fingerprint density at radius 3 is 2.09 bits per heavy atom. The Hall–Kier alpha value is -3.22. The normalized spacial score (nSPS) is 10.1. The van der Waals surface area contributed by atoms with Crippen molar-refractivity contribution >= 4 is 23.4 Å². The van der Waals surface area contributed by atoms with Crippen molar-refractivity contribution < 1.29 is 18.8 Å². The van der Waals surface area contributed by atoms with E-state index >= 15 is 0 Å². The zero-order chi connectivity index (χ0) is 17.0. The maximum atomic E-state index is 13.1. The van der Waals surface area contributed by atoms with Crippen LogP contribution in [-0.2, 0) is 11.2 Å². The van der Waals surface area contributed by atoms with Gasteiger partial charge >= 0.3 is 0 Å². The van der Waals surface area contributed by atoms with E-state index < -0.39 is 23.5 Å². The second-order valence-corrected chi connectivity index (χ2v) is 4.88. The van der Waals surface area contributed by atoms with Gasteiger partial charge in [-0.25, -0.2) is 4.39 Å². The second-order valence-electron chi connectivity index (χ2n) is 4.88. The maximum Gasteiger partial charge on any atom is 0.248 e. The number of carbonyl (C=O) groups excluding carboxylic acids is 3. The van der Waals surface area contributed by atoms with Crippen molar-refractivity contribution in [2.45, 2.75) is 6.42 Å². The van der Waals surface area contributed by atoms with E-state index in [2.05, 4.69) is 5.32 Å². The Bertz CT molecular complexity index is 758. The van der Waals surface area contributed by atoms with E-state index in [0.717, 1.165) is 0 Å². The van der Waals surface area contributed by atoms with Gasteiger partial charge < -0.3 is 16.8 Å². The van der Waals surface area contributed by atoms with Crippen molar-refractivity contribution in [1.82, 2.24) is 0 Å². The molecule has 0 heterocycles. The van der Waals surface area contributed by atoms with E-state index in [4.69, 9.17) is 11.5 Å². The fourth-order valence-electron chi connectivity index (χ4n) is 2.02. The molecule has 0 atom stereocenters. The average molecular weight is 315 g/mol. The second kappa shape index (κ2) is 6.69. The molecule has 0 aliphatic carbocycles. The summed E-state index contributed by atoms with van der Waals surface area (Å²) in [5.74, 6) is -2.39. The van der Waals surface area contributed by atoms with E-state index in [-0.39, 0.29) is 23.2 Å². The minimum atomic E-state index is -0.756. The minimum Gasteiger partial charge on any atom is -0.366 e. The maximum absolute atomic E-state index is 13.1. The zero-order valence-corrected chi connectivity index (χ0v) is 12.0. The third kappa shape index (κ3) is 4.37. The highest BCUT2D eigenvalue weighted by atomic mass is 19.1. The molecule has 0 aromatic heterocycles. The Morgan fingerprint density at radius 1 is 0.957 bits per heavy atom. The topological polar surface area (TPSA) is 115 Å². The number of primary amides is 2. The van der Waals surface area contributed by atoms with Gasteiger partial charge in [-0.2, -0.15) is 0 Å². The SMILES string of the molecule is NC(=O)c1cc(NC(=O)Cc2cccc(F)c2)cc(C(N)=O)c1. The van der Waals surface area contributed by atoms with Crippen LogP contribution in [0.25, 0.3) is 0 Å². The predicted molar refractivity (Wildman–Crippen MR) is 82.2 cm³/mol. The van der Waals surface area contributed by atoms with Gasteiger partial charge in [0.25, 0.3) is 0 Å². The number of anilines is 1. The van der Waals surface area contributed by atoms with Crippen LogP contribution in [-0.4, -0.2) is 17.7 Å². The monoisotopic (exact) mass is 315 g/mol. The standard InChI is InChI=1S/C16H14FN3O3/c17-12-3-1-2-9(4-12)5-14(21)20-13-7-10(15(18)22)6-11(8-13)16(19)23/h1-4,6-8H,5H2,(H2,18,22)(H2,19,23)(H,20,21). The van der Waals surface area contributed by atoms with Crippen LogP contribution >= 0.6 is 0 Å². The van der Waals surface area contributed by atoms with Gasteiger partial charge in [0, 0.05) is 16.8 Å². The van der Waals surface area contributed by atoms with Crippen molar-refractivity contribution in [2.75, 3.05) is 5.32 Å². The van der Waals surface area contributed by atoms with Crippen molar-refractivity contribution in [1.29, 1.82) is 0 Å². The summed E-state index contributed by atoms with van der Waals surface area (Å²) < 4.78 is 13.1. The Kier molecular flexibility index (Phi) is 4.70. The largest absolute Gasteiger partial charge is 0.366 e. The first-order valence-electron chi connectivity index (χ1n) is 6.64. The molecule has 0 aliphatic heterocycles. The number of rotatable bonds is 5. The van der Waals surface area contributed by atoms with E-state index in [1.165, 1.54) is 36.4 Å². The van der Waals surface area contributed by atoms with Gasteiger partial charge in [0.2, 0.25) is 17.7 Å². The molecule has 5 N–H and O–H groups in total. The van der Waals surface area contributed by atoms with Crippen LogP contribution in [0.15, 0.2) is 42.5 Å². The number of hydrogen-bond donors (Lipinski definition) is 3. The number of hydrogen-bond acceptors (Lipinski definition) is 3. The van der Waals surface area contributed by atoms with E-state index in [9.17, 15) is 18.8 Å². The van der Waals surface area contributed by atoms with Gasteiger partial charge in [-0.15, -0.1) is 0 Å². The lowest BCUT2D eigenvalue weighted by molar-refractivity contribution is -0.115. The fraction of sp³-hybridized carbons (Fsp3) is 0.0625. The molecule has 2 rings (SSSR count). The highest BCUT2D eigenvalue weighted by molar-refractivity contribution is 6.01. The number of nitrogens with one attached hydrogen (secondary N) is 1. The molecule has 7 heteroatoms. The Morgan fingerprint density at radius 2 is 1.57 bits per heavy atom. The third-order valence-corrected chi connectivity index (χ3v) is 3.04. The van der Waals surface area contributed by atoms with Crippen LogP contribution in [0.4, 0.5) is 10.1 Å². The molecular formula is C16H14FN3O3. The summed E-state index contributed by atoms with van der Waals surface area (Å²) in [7, 11) is 0. The summed E-state index contributed by atoms with van der Waals surface area (Å²) in [5.41, 5.74) is 11.1. The van der Waals surface area contributed by atoms with Gasteiger partial charge in [-0.3, -0.25) is 14.4 Å². The van der Waals surface area contributed by atoms with Crippen LogP contribution in [0.5, 0.6) is 0 Å². The molecule has 2 aromatic rings. The fourth-order valence-corrected chi connectivity index (χ4v) is 2.02. The van der Waals surface area contributed by atoms with Crippen molar-refractivity contribution in [2.24, 2.45) is 11.5 Å². The van der Waals surface area contributed by atoms with Crippen LogP contribution in [0.3, 0.4) is 0 Å². The van der Waals surface area contributed by atoms with Crippen molar-refractivity contribution in [3.63, 3.8) is 0 Å². The minimum absolute atomic E-state index is 0.0438. The van der Waals surface area contributed by atoms with Gasteiger partial charge in [-0.1, -0.05) is 12.1 Å². The van der Waals surface area contributed by atoms with Crippen molar-refractivity contribution in [3.8, 4) is 0 Å². The smallest absolute Gasteiger partial charge is 0.248 e. The van der Waals surface area contributed by atoms with Crippen LogP contribution in [0.1, 0.15) is 26.3 Å². The summed E-state index contributed by atoms with van der Waals surface area (Å²) >= 11 is 0. The molecule has 0 bridgehead atoms. The number of halogens is 1. The molecular weight excluding hydrogens is 301 g/mol. The lowest BCUT2D eigenvalue weighted by Gasteiger charge is -2.08. The average Bonchev–Trinajstić information content (AvgIpc) is 2.46. The summed E-state index contributed by atoms with van der Waals surface area (Å²) in [6.07, 6.45) is -0.0650. The lowest BCUT2D eigenvalue weighted by Crippen LogP contribution is -2.19. The van der Waals surface area contributed by atoms with Crippen molar-refractivity contribution in [3.05, 3.63) is 65.0 Å². The number of benzene rings is 2. The molecule has 6 nitrogen and oxygen atoms in total. The molecule has 0 unspecified atom stereocenters. The number of amides is 3. The van der Waals surface area contributed by atoms with E-state index in [1.54, 1.807) is 6.07 Å². The summed E-state index contributed by atoms with van der Waals surface area (Å²) in [6, 6.07) is 9.53. The first kappa shape index (κ1) is 16.2. The van der Waals surface area contributed by atoms with Crippen LogP contribution < -0.4 is 16.8 Å². The summed E-state index contributed by atoms with van der Waals surface area (Å²) in [4.78, 5) is 34.5. The van der Waals surface area contributed by atoms with Crippen LogP contribution in [0.2, 0.25) is 0 Å². The predicted octanol–water partition coefficient (Wildman–Crippen LogP) is 1.20.